The molecule has 0 unspecified atom stereocenters. The molecule has 0 aromatic heterocycles. The average molecular weight is 439 g/mol. The highest BCUT2D eigenvalue weighted by molar-refractivity contribution is 8.45. The van der Waals surface area contributed by atoms with E-state index in [1.54, 1.807) is 18.7 Å². The Bertz CT molecular complexity index is 719. The van der Waals surface area contributed by atoms with Crippen molar-refractivity contribution in [2.75, 3.05) is 43.1 Å². The first-order valence-corrected chi connectivity index (χ1v) is 10.2. The number of hydrogen-bond acceptors (Lipinski definition) is 4. The highest BCUT2D eigenvalue weighted by Crippen LogP contribution is 3.02. The van der Waals surface area contributed by atoms with Crippen LogP contribution in [0.2, 0.25) is 0 Å². The van der Waals surface area contributed by atoms with Crippen molar-refractivity contribution >= 4 is 39.3 Å². The fourth-order valence-electron chi connectivity index (χ4n) is 2.32. The number of rotatable bonds is 5. The van der Waals surface area contributed by atoms with Gasteiger partial charge in [-0.1, -0.05) is 19.4 Å². The topological polar surface area (TPSA) is 50.8 Å². The molecule has 1 amide bonds. The van der Waals surface area contributed by atoms with E-state index in [2.05, 4.69) is 5.32 Å². The van der Waals surface area contributed by atoms with Crippen LogP contribution in [0.3, 0.4) is 0 Å². The number of amides is 1. The molecular weight excluding hydrogens is 419 g/mol. The van der Waals surface area contributed by atoms with Gasteiger partial charge in [-0.3, -0.25) is 5.32 Å². The van der Waals surface area contributed by atoms with E-state index in [1.807, 2.05) is 0 Å². The number of benzene rings is 1. The van der Waals surface area contributed by atoms with Crippen molar-refractivity contribution in [3.63, 3.8) is 0 Å². The predicted octanol–water partition coefficient (Wildman–Crippen LogP) is 5.75. The summed E-state index contributed by atoms with van der Waals surface area (Å²) in [5.74, 6) is 0. The summed E-state index contributed by atoms with van der Waals surface area (Å²) >= 11 is 5.88. The van der Waals surface area contributed by atoms with E-state index in [1.165, 1.54) is 0 Å². The third-order valence-corrected chi connectivity index (χ3v) is 4.80. The number of halogens is 6. The minimum absolute atomic E-state index is 0.158. The van der Waals surface area contributed by atoms with Gasteiger partial charge in [0.15, 0.2) is 0 Å². The second-order valence-corrected chi connectivity index (χ2v) is 10.1. The van der Waals surface area contributed by atoms with E-state index in [0.29, 0.717) is 32.4 Å². The quantitative estimate of drug-likeness (QED) is 0.470. The van der Waals surface area contributed by atoms with Gasteiger partial charge in [-0.05, 0) is 32.0 Å². The summed E-state index contributed by atoms with van der Waals surface area (Å²) in [7, 11) is -9.91. The van der Waals surface area contributed by atoms with Gasteiger partial charge >= 0.3 is 16.3 Å². The third kappa shape index (κ3) is 6.58. The number of carbonyl (C=O) groups excluding carboxylic acids is 1. The second kappa shape index (κ2) is 6.56. The zero-order valence-corrected chi connectivity index (χ0v) is 16.2. The number of anilines is 2. The van der Waals surface area contributed by atoms with Gasteiger partial charge in [0.2, 0.25) is 0 Å². The maximum absolute atomic E-state index is 13.1. The normalized spacial score (nSPS) is 18.4. The van der Waals surface area contributed by atoms with E-state index in [9.17, 15) is 24.2 Å². The van der Waals surface area contributed by atoms with E-state index in [4.69, 9.17) is 21.1 Å². The lowest BCUT2D eigenvalue weighted by molar-refractivity contribution is 0.122. The summed E-state index contributed by atoms with van der Waals surface area (Å²) in [5, 5.41) is 2.11. The Balaban J connectivity index is 2.36. The van der Waals surface area contributed by atoms with Gasteiger partial charge in [0, 0.05) is 13.1 Å². The van der Waals surface area contributed by atoms with Gasteiger partial charge < -0.3 is 14.4 Å². The number of ether oxygens (including phenoxy) is 2. The summed E-state index contributed by atoms with van der Waals surface area (Å²) in [5.41, 5.74) is -0.272. The van der Waals surface area contributed by atoms with Gasteiger partial charge in [-0.25, -0.2) is 4.79 Å². The lowest BCUT2D eigenvalue weighted by atomic mass is 10.2. The van der Waals surface area contributed by atoms with Gasteiger partial charge in [0.05, 0.1) is 29.5 Å². The molecule has 1 N–H and O–H groups in total. The number of nitrogens with one attached hydrogen (secondary N) is 1. The molecule has 27 heavy (non-hydrogen) atoms. The second-order valence-electron chi connectivity index (χ2n) is 6.67. The Morgan fingerprint density at radius 1 is 1.26 bits per heavy atom. The molecule has 5 nitrogen and oxygen atoms in total. The Kier molecular flexibility index (Phi) is 5.30. The molecule has 0 atom stereocenters. The first kappa shape index (κ1) is 21.8. The highest BCUT2D eigenvalue weighted by atomic mass is 35.5. The predicted molar refractivity (Wildman–Crippen MR) is 95.8 cm³/mol. The molecule has 12 heteroatoms. The van der Waals surface area contributed by atoms with Crippen molar-refractivity contribution < 1.29 is 33.7 Å². The molecule has 2 rings (SSSR count). The van der Waals surface area contributed by atoms with Gasteiger partial charge in [-0.2, -0.15) is 0 Å². The largest absolute Gasteiger partial charge is 0.447 e. The molecule has 156 valence electrons. The van der Waals surface area contributed by atoms with Crippen molar-refractivity contribution in [3.05, 3.63) is 18.2 Å². The van der Waals surface area contributed by atoms with E-state index >= 15 is 0 Å². The van der Waals surface area contributed by atoms with E-state index in [0.717, 1.165) is 6.07 Å². The van der Waals surface area contributed by atoms with Crippen molar-refractivity contribution in [2.24, 2.45) is 0 Å². The monoisotopic (exact) mass is 438 g/mol. The van der Waals surface area contributed by atoms with Crippen LogP contribution < -0.4 is 10.2 Å². The molecule has 0 bridgehead atoms. The Hall–Kier alpha value is -1.46. The number of nitrogens with zero attached hydrogens (tertiary/aromatic N) is 1. The minimum Gasteiger partial charge on any atom is -0.447 e. The number of morpholine rings is 1. The molecule has 1 aromatic rings. The number of carbonyl (C=O) groups is 1. The smallest absolute Gasteiger partial charge is 0.411 e. The fourth-order valence-corrected chi connectivity index (χ4v) is 3.04. The first-order chi connectivity index (χ1) is 12.0. The lowest BCUT2D eigenvalue weighted by Gasteiger charge is -2.41. The lowest BCUT2D eigenvalue weighted by Crippen LogP contribution is -2.37. The Labute approximate surface area is 158 Å². The van der Waals surface area contributed by atoms with Crippen LogP contribution in [0.1, 0.15) is 13.8 Å². The summed E-state index contributed by atoms with van der Waals surface area (Å²) in [4.78, 5) is 10.6. The molecule has 0 saturated carbocycles. The average Bonchev–Trinajstić information content (AvgIpc) is 2.51. The zero-order valence-electron chi connectivity index (χ0n) is 14.6. The van der Waals surface area contributed by atoms with Crippen molar-refractivity contribution in [2.45, 2.75) is 23.6 Å². The number of hydrogen-bond donors (Lipinski definition) is 1. The summed E-state index contributed by atoms with van der Waals surface area (Å²) in [6.45, 7) is 4.18. The minimum atomic E-state index is -9.91. The molecule has 1 aliphatic rings. The fraction of sp³-hybridized carbons (Fsp3) is 0.533. The van der Waals surface area contributed by atoms with Crippen molar-refractivity contribution in [1.29, 1.82) is 0 Å². The maximum Gasteiger partial charge on any atom is 0.411 e. The van der Waals surface area contributed by atoms with Crippen molar-refractivity contribution in [1.82, 2.24) is 0 Å². The Morgan fingerprint density at radius 2 is 1.85 bits per heavy atom. The third-order valence-electron chi connectivity index (χ3n) is 3.55. The van der Waals surface area contributed by atoms with E-state index < -0.39 is 31.8 Å². The standard InChI is InChI=1S/C15H20ClF5N2O3S/c1-15(2,16)10-26-14(24)22-12-9-11(27(17,18,19,20)21)3-4-13(12)23-5-7-25-8-6-23/h3-4,9H,5-8,10H2,1-2H3,(H,22,24). The van der Waals surface area contributed by atoms with Crippen LogP contribution in [0.15, 0.2) is 23.1 Å². The van der Waals surface area contributed by atoms with Crippen LogP contribution >= 0.6 is 21.8 Å². The van der Waals surface area contributed by atoms with Gasteiger partial charge in [0.1, 0.15) is 11.5 Å². The zero-order chi connectivity index (χ0) is 20.6. The maximum atomic E-state index is 13.1. The van der Waals surface area contributed by atoms with Crippen LogP contribution in [-0.4, -0.2) is 43.9 Å². The summed E-state index contributed by atoms with van der Waals surface area (Å²) in [6.07, 6.45) is -1.10. The molecule has 1 fully saturated rings. The summed E-state index contributed by atoms with van der Waals surface area (Å²) in [6, 6.07) is 1.43. The first-order valence-electron chi connectivity index (χ1n) is 7.89. The molecule has 1 saturated heterocycles. The van der Waals surface area contributed by atoms with Crippen LogP contribution in [0.4, 0.5) is 35.6 Å². The molecule has 1 heterocycles. The highest BCUT2D eigenvalue weighted by Gasteiger charge is 2.65. The van der Waals surface area contributed by atoms with Crippen LogP contribution in [0.5, 0.6) is 0 Å². The molecule has 0 spiro atoms. The molecule has 0 radical (unpaired) electrons. The number of alkyl halides is 1. The van der Waals surface area contributed by atoms with Crippen molar-refractivity contribution in [3.8, 4) is 0 Å². The van der Waals surface area contributed by atoms with Gasteiger partial charge in [0.25, 0.3) is 0 Å². The van der Waals surface area contributed by atoms with Crippen LogP contribution in [-0.2, 0) is 9.47 Å². The van der Waals surface area contributed by atoms with Crippen LogP contribution in [0, 0.1) is 0 Å². The molecule has 1 aromatic carbocycles. The molecule has 1 aliphatic heterocycles. The molecular formula is C15H20ClF5N2O3S. The van der Waals surface area contributed by atoms with Gasteiger partial charge in [-0.15, -0.1) is 11.6 Å². The Morgan fingerprint density at radius 3 is 2.37 bits per heavy atom. The summed E-state index contributed by atoms with van der Waals surface area (Å²) < 4.78 is 75.8. The SMILES string of the molecule is CC(C)(Cl)COC(=O)Nc1cc(S(F)(F)(F)(F)F)ccc1N1CCOCC1. The molecule has 0 aliphatic carbocycles. The van der Waals surface area contributed by atoms with E-state index in [-0.39, 0.29) is 18.4 Å². The van der Waals surface area contributed by atoms with Crippen LogP contribution in [0.25, 0.3) is 0 Å².